The number of hydrogen-bond acceptors (Lipinski definition) is 2. The van der Waals surface area contributed by atoms with Gasteiger partial charge in [0.15, 0.2) is 0 Å². The molecule has 0 saturated carbocycles. The topological polar surface area (TPSA) is 29.1 Å². The van der Waals surface area contributed by atoms with Crippen LogP contribution in [0.15, 0.2) is 11.4 Å². The van der Waals surface area contributed by atoms with E-state index in [1.165, 1.54) is 0 Å². The summed E-state index contributed by atoms with van der Waals surface area (Å²) in [6, 6.07) is 2.23. The van der Waals surface area contributed by atoms with E-state index in [0.29, 0.717) is 6.04 Å². The molecule has 78 valence electrons. The molecule has 0 aromatic carbocycles. The molecule has 1 rings (SSSR count). The fourth-order valence-electron chi connectivity index (χ4n) is 1.19. The van der Waals surface area contributed by atoms with Gasteiger partial charge in [0.1, 0.15) is 0 Å². The second kappa shape index (κ2) is 5.70. The number of amides is 1. The van der Waals surface area contributed by atoms with Crippen LogP contribution in [0.2, 0.25) is 0 Å². The second-order valence-electron chi connectivity index (χ2n) is 3.13. The molecule has 1 N–H and O–H groups in total. The summed E-state index contributed by atoms with van der Waals surface area (Å²) in [6.45, 7) is 4.18. The molecule has 0 radical (unpaired) electrons. The molecule has 0 atom stereocenters. The first kappa shape index (κ1) is 12.0. The average Bonchev–Trinajstić information content (AvgIpc) is 2.61. The van der Waals surface area contributed by atoms with Crippen LogP contribution in [-0.4, -0.2) is 11.9 Å². The normalized spacial score (nSPS) is 10.6. The third-order valence-corrected chi connectivity index (χ3v) is 3.94. The molecule has 1 amide bonds. The van der Waals surface area contributed by atoms with E-state index >= 15 is 0 Å². The lowest BCUT2D eigenvalue weighted by atomic mass is 10.1. The molecular formula is C10H14INOS. The van der Waals surface area contributed by atoms with Gasteiger partial charge in [0.25, 0.3) is 5.91 Å². The lowest BCUT2D eigenvalue weighted by Crippen LogP contribution is -2.33. The number of thiophene rings is 1. The first-order chi connectivity index (χ1) is 6.67. The summed E-state index contributed by atoms with van der Waals surface area (Å²) in [5.41, 5.74) is 0.784. The third kappa shape index (κ3) is 3.24. The summed E-state index contributed by atoms with van der Waals surface area (Å²) in [6.07, 6.45) is 1.98. The molecule has 4 heteroatoms. The van der Waals surface area contributed by atoms with E-state index in [1.54, 1.807) is 11.3 Å². The minimum atomic E-state index is 0.0536. The largest absolute Gasteiger partial charge is 0.349 e. The number of carbonyl (C=O) groups excluding carboxylic acids is 1. The molecule has 0 aliphatic carbocycles. The fourth-order valence-corrected chi connectivity index (χ4v) is 2.52. The van der Waals surface area contributed by atoms with Crippen molar-refractivity contribution in [1.82, 2.24) is 5.32 Å². The molecule has 0 aliphatic heterocycles. The van der Waals surface area contributed by atoms with E-state index in [1.807, 2.05) is 11.4 Å². The molecule has 0 spiro atoms. The van der Waals surface area contributed by atoms with E-state index in [2.05, 4.69) is 41.8 Å². The Labute approximate surface area is 102 Å². The molecule has 14 heavy (non-hydrogen) atoms. The van der Waals surface area contributed by atoms with E-state index in [4.69, 9.17) is 0 Å². The van der Waals surface area contributed by atoms with Crippen molar-refractivity contribution >= 4 is 39.8 Å². The number of nitrogens with one attached hydrogen (secondary N) is 1. The monoisotopic (exact) mass is 323 g/mol. The van der Waals surface area contributed by atoms with Crippen LogP contribution in [0.5, 0.6) is 0 Å². The molecule has 0 saturated heterocycles. The number of halogens is 1. The summed E-state index contributed by atoms with van der Waals surface area (Å²) in [7, 11) is 0. The van der Waals surface area contributed by atoms with E-state index in [-0.39, 0.29) is 5.91 Å². The smallest absolute Gasteiger partial charge is 0.252 e. The Morgan fingerprint density at radius 1 is 1.57 bits per heavy atom. The summed E-state index contributed by atoms with van der Waals surface area (Å²) in [5.74, 6) is 0.0536. The maximum absolute atomic E-state index is 11.7. The minimum Gasteiger partial charge on any atom is -0.349 e. The van der Waals surface area contributed by atoms with Gasteiger partial charge >= 0.3 is 0 Å². The van der Waals surface area contributed by atoms with Crippen LogP contribution >= 0.6 is 33.9 Å². The zero-order valence-corrected chi connectivity index (χ0v) is 11.3. The Balaban J connectivity index is 2.58. The van der Waals surface area contributed by atoms with E-state index in [9.17, 15) is 4.79 Å². The van der Waals surface area contributed by atoms with Gasteiger partial charge in [-0.05, 0) is 41.5 Å². The van der Waals surface area contributed by atoms with Gasteiger partial charge in [0.2, 0.25) is 0 Å². The molecule has 0 aliphatic rings. The Morgan fingerprint density at radius 2 is 2.21 bits per heavy atom. The number of carbonyl (C=O) groups is 1. The molecule has 0 unspecified atom stereocenters. The minimum absolute atomic E-state index is 0.0536. The van der Waals surface area contributed by atoms with Crippen LogP contribution in [-0.2, 0) is 0 Å². The zero-order valence-electron chi connectivity index (χ0n) is 8.34. The van der Waals surface area contributed by atoms with Crippen molar-refractivity contribution < 1.29 is 4.79 Å². The summed E-state index contributed by atoms with van der Waals surface area (Å²) in [4.78, 5) is 11.7. The molecular weight excluding hydrogens is 309 g/mol. The molecule has 2 nitrogen and oxygen atoms in total. The van der Waals surface area contributed by atoms with Gasteiger partial charge in [0.05, 0.1) is 8.45 Å². The summed E-state index contributed by atoms with van der Waals surface area (Å²) >= 11 is 3.83. The molecule has 1 aromatic rings. The van der Waals surface area contributed by atoms with Crippen molar-refractivity contribution in [1.29, 1.82) is 0 Å². The van der Waals surface area contributed by atoms with Crippen molar-refractivity contribution in [3.63, 3.8) is 0 Å². The Kier molecular flexibility index (Phi) is 4.88. The van der Waals surface area contributed by atoms with Crippen LogP contribution in [0, 0.1) is 2.88 Å². The molecule has 0 fully saturated rings. The Morgan fingerprint density at radius 3 is 2.64 bits per heavy atom. The standard InChI is InChI=1S/C10H14INOS/c1-3-8(4-2)12-10(13)7-5-9(11)14-6-7/h5-6,8H,3-4H2,1-2H3,(H,12,13). The third-order valence-electron chi connectivity index (χ3n) is 2.15. The SMILES string of the molecule is CCC(CC)NC(=O)c1csc(I)c1. The van der Waals surface area contributed by atoms with Crippen molar-refractivity contribution in [3.8, 4) is 0 Å². The highest BCUT2D eigenvalue weighted by Gasteiger charge is 2.11. The number of hydrogen-bond donors (Lipinski definition) is 1. The van der Waals surface area contributed by atoms with Crippen molar-refractivity contribution in [2.45, 2.75) is 32.7 Å². The van der Waals surface area contributed by atoms with Crippen molar-refractivity contribution in [2.24, 2.45) is 0 Å². The van der Waals surface area contributed by atoms with Gasteiger partial charge in [-0.15, -0.1) is 11.3 Å². The lowest BCUT2D eigenvalue weighted by molar-refractivity contribution is 0.0935. The highest BCUT2D eigenvalue weighted by Crippen LogP contribution is 2.16. The van der Waals surface area contributed by atoms with Gasteiger partial charge < -0.3 is 5.32 Å². The summed E-state index contributed by atoms with van der Waals surface area (Å²) in [5, 5.41) is 4.91. The first-order valence-electron chi connectivity index (χ1n) is 4.72. The molecule has 1 aromatic heterocycles. The lowest BCUT2D eigenvalue weighted by Gasteiger charge is -2.13. The van der Waals surface area contributed by atoms with Gasteiger partial charge in [-0.1, -0.05) is 13.8 Å². The van der Waals surface area contributed by atoms with E-state index in [0.717, 1.165) is 21.3 Å². The quantitative estimate of drug-likeness (QED) is 0.847. The van der Waals surface area contributed by atoms with Gasteiger partial charge in [0, 0.05) is 11.4 Å². The zero-order chi connectivity index (χ0) is 10.6. The van der Waals surface area contributed by atoms with Crippen LogP contribution in [0.25, 0.3) is 0 Å². The van der Waals surface area contributed by atoms with Crippen molar-refractivity contribution in [2.75, 3.05) is 0 Å². The van der Waals surface area contributed by atoms with Gasteiger partial charge in [-0.2, -0.15) is 0 Å². The van der Waals surface area contributed by atoms with Gasteiger partial charge in [-0.25, -0.2) is 0 Å². The Bertz CT molecular complexity index is 307. The predicted molar refractivity (Wildman–Crippen MR) is 68.9 cm³/mol. The first-order valence-corrected chi connectivity index (χ1v) is 6.68. The van der Waals surface area contributed by atoms with Gasteiger partial charge in [-0.3, -0.25) is 4.79 Å². The van der Waals surface area contributed by atoms with Crippen LogP contribution < -0.4 is 5.32 Å². The maximum atomic E-state index is 11.7. The van der Waals surface area contributed by atoms with Crippen LogP contribution in [0.3, 0.4) is 0 Å². The summed E-state index contributed by atoms with van der Waals surface area (Å²) < 4.78 is 1.15. The highest BCUT2D eigenvalue weighted by atomic mass is 127. The molecule has 0 bridgehead atoms. The predicted octanol–water partition coefficient (Wildman–Crippen LogP) is 3.27. The fraction of sp³-hybridized carbons (Fsp3) is 0.500. The maximum Gasteiger partial charge on any atom is 0.252 e. The molecule has 1 heterocycles. The number of rotatable bonds is 4. The second-order valence-corrected chi connectivity index (χ2v) is 5.93. The van der Waals surface area contributed by atoms with Crippen LogP contribution in [0.1, 0.15) is 37.0 Å². The highest BCUT2D eigenvalue weighted by molar-refractivity contribution is 14.1. The van der Waals surface area contributed by atoms with Crippen molar-refractivity contribution in [3.05, 3.63) is 19.9 Å². The average molecular weight is 323 g/mol. The Hall–Kier alpha value is -0.100. The van der Waals surface area contributed by atoms with E-state index < -0.39 is 0 Å². The van der Waals surface area contributed by atoms with Crippen LogP contribution in [0.4, 0.5) is 0 Å².